The van der Waals surface area contributed by atoms with Gasteiger partial charge in [0.05, 0.1) is 12.2 Å². The lowest BCUT2D eigenvalue weighted by Crippen LogP contribution is -2.09. The predicted molar refractivity (Wildman–Crippen MR) is 80.9 cm³/mol. The van der Waals surface area contributed by atoms with Crippen molar-refractivity contribution < 1.29 is 14.3 Å². The number of halogens is 1. The maximum absolute atomic E-state index is 11.8. The van der Waals surface area contributed by atoms with Crippen LogP contribution in [0.2, 0.25) is 5.02 Å². The molecule has 1 aromatic carbocycles. The van der Waals surface area contributed by atoms with E-state index in [0.717, 1.165) is 5.56 Å². The predicted octanol–water partition coefficient (Wildman–Crippen LogP) is 3.59. The first-order valence-electron chi connectivity index (χ1n) is 6.38. The Hall–Kier alpha value is -2.27. The molecule has 0 saturated carbocycles. The van der Waals surface area contributed by atoms with E-state index in [1.54, 1.807) is 19.1 Å². The van der Waals surface area contributed by atoms with Crippen LogP contribution in [0.1, 0.15) is 22.8 Å². The second-order valence-corrected chi connectivity index (χ2v) is 4.75. The van der Waals surface area contributed by atoms with E-state index in [2.05, 4.69) is 4.98 Å². The third-order valence-corrected chi connectivity index (χ3v) is 3.04. The molecule has 0 unspecified atom stereocenters. The van der Waals surface area contributed by atoms with Gasteiger partial charge in [-0.1, -0.05) is 17.7 Å². The molecule has 6 heteroatoms. The van der Waals surface area contributed by atoms with Gasteiger partial charge in [-0.2, -0.15) is 0 Å². The van der Waals surface area contributed by atoms with Crippen LogP contribution in [0.4, 0.5) is 5.69 Å². The van der Waals surface area contributed by atoms with Crippen molar-refractivity contribution in [1.29, 1.82) is 0 Å². The Labute approximate surface area is 127 Å². The highest BCUT2D eigenvalue weighted by Gasteiger charge is 2.16. The molecule has 110 valence electrons. The number of ether oxygens (including phenoxy) is 2. The third-order valence-electron chi connectivity index (χ3n) is 2.81. The number of anilines is 1. The van der Waals surface area contributed by atoms with Gasteiger partial charge in [0.25, 0.3) is 0 Å². The molecule has 0 fully saturated rings. The molecule has 0 atom stereocenters. The first-order chi connectivity index (χ1) is 10.0. The summed E-state index contributed by atoms with van der Waals surface area (Å²) in [5.41, 5.74) is 7.16. The summed E-state index contributed by atoms with van der Waals surface area (Å²) in [4.78, 5) is 15.8. The van der Waals surface area contributed by atoms with Gasteiger partial charge in [-0.15, -0.1) is 0 Å². The number of pyridine rings is 1. The molecular weight excluding hydrogens is 292 g/mol. The quantitative estimate of drug-likeness (QED) is 0.874. The van der Waals surface area contributed by atoms with E-state index in [-0.39, 0.29) is 23.7 Å². The number of aryl methyl sites for hydroxylation is 1. The van der Waals surface area contributed by atoms with Crippen LogP contribution in [0.25, 0.3) is 0 Å². The van der Waals surface area contributed by atoms with Gasteiger partial charge in [0.15, 0.2) is 0 Å². The van der Waals surface area contributed by atoms with E-state index in [4.69, 9.17) is 26.8 Å². The van der Waals surface area contributed by atoms with E-state index in [1.165, 1.54) is 12.3 Å². The third kappa shape index (κ3) is 3.44. The number of nitrogen functional groups attached to an aromatic ring is 1. The number of hydrogen-bond donors (Lipinski definition) is 1. The minimum atomic E-state index is -0.509. The zero-order chi connectivity index (χ0) is 15.4. The number of carbonyl (C=O) groups excluding carboxylic acids is 1. The van der Waals surface area contributed by atoms with Gasteiger partial charge >= 0.3 is 5.97 Å². The smallest absolute Gasteiger partial charge is 0.340 e. The number of hydrogen-bond acceptors (Lipinski definition) is 5. The molecule has 0 aliphatic heterocycles. The Morgan fingerprint density at radius 2 is 2.14 bits per heavy atom. The van der Waals surface area contributed by atoms with Crippen LogP contribution in [0.5, 0.6) is 11.6 Å². The average Bonchev–Trinajstić information content (AvgIpc) is 2.45. The van der Waals surface area contributed by atoms with Crippen molar-refractivity contribution in [2.45, 2.75) is 13.8 Å². The molecule has 2 aromatic rings. The number of nitrogens with zero attached hydrogens (tertiary/aromatic N) is 1. The fourth-order valence-electron chi connectivity index (χ4n) is 1.71. The molecule has 0 spiro atoms. The molecule has 2 rings (SSSR count). The zero-order valence-electron chi connectivity index (χ0n) is 11.7. The SMILES string of the molecule is CCOC(=O)c1ccnc(Oc2cc(Cl)ccc2C)c1N. The Kier molecular flexibility index (Phi) is 4.65. The van der Waals surface area contributed by atoms with Crippen molar-refractivity contribution in [1.82, 2.24) is 4.98 Å². The number of rotatable bonds is 4. The molecule has 0 bridgehead atoms. The lowest BCUT2D eigenvalue weighted by atomic mass is 10.2. The van der Waals surface area contributed by atoms with E-state index < -0.39 is 5.97 Å². The van der Waals surface area contributed by atoms with Crippen molar-refractivity contribution >= 4 is 23.3 Å². The van der Waals surface area contributed by atoms with Crippen LogP contribution in [0, 0.1) is 6.92 Å². The summed E-state index contributed by atoms with van der Waals surface area (Å²) in [6.07, 6.45) is 1.44. The highest BCUT2D eigenvalue weighted by Crippen LogP contribution is 2.31. The Bertz CT molecular complexity index is 674. The molecule has 1 aromatic heterocycles. The van der Waals surface area contributed by atoms with Crippen LogP contribution in [0.15, 0.2) is 30.5 Å². The van der Waals surface area contributed by atoms with Crippen LogP contribution < -0.4 is 10.5 Å². The fraction of sp³-hybridized carbons (Fsp3) is 0.200. The molecule has 0 saturated heterocycles. The molecule has 1 heterocycles. The minimum Gasteiger partial charge on any atom is -0.462 e. The summed E-state index contributed by atoms with van der Waals surface area (Å²) in [5, 5.41) is 0.538. The van der Waals surface area contributed by atoms with Gasteiger partial charge in [0.2, 0.25) is 5.88 Å². The number of carbonyl (C=O) groups is 1. The number of nitrogens with two attached hydrogens (primary N) is 1. The van der Waals surface area contributed by atoms with Gasteiger partial charge in [-0.3, -0.25) is 0 Å². The average molecular weight is 307 g/mol. The van der Waals surface area contributed by atoms with E-state index in [1.807, 2.05) is 13.0 Å². The number of esters is 1. The second kappa shape index (κ2) is 6.45. The monoisotopic (exact) mass is 306 g/mol. The summed E-state index contributed by atoms with van der Waals surface area (Å²) in [6.45, 7) is 3.86. The van der Waals surface area contributed by atoms with Gasteiger partial charge in [0, 0.05) is 11.2 Å². The summed E-state index contributed by atoms with van der Waals surface area (Å²) >= 11 is 5.94. The molecule has 0 aliphatic carbocycles. The molecule has 0 radical (unpaired) electrons. The second-order valence-electron chi connectivity index (χ2n) is 4.31. The summed E-state index contributed by atoms with van der Waals surface area (Å²) in [5.74, 6) is 0.165. The fourth-order valence-corrected chi connectivity index (χ4v) is 1.87. The lowest BCUT2D eigenvalue weighted by molar-refractivity contribution is 0.0527. The number of aromatic nitrogens is 1. The van der Waals surface area contributed by atoms with Gasteiger partial charge in [0.1, 0.15) is 11.4 Å². The largest absolute Gasteiger partial charge is 0.462 e. The molecule has 0 amide bonds. The Morgan fingerprint density at radius 3 is 2.86 bits per heavy atom. The topological polar surface area (TPSA) is 74.4 Å². The molecule has 0 aliphatic rings. The molecule has 5 nitrogen and oxygen atoms in total. The Morgan fingerprint density at radius 1 is 1.38 bits per heavy atom. The normalized spacial score (nSPS) is 10.2. The standard InChI is InChI=1S/C15H15ClN2O3/c1-3-20-15(19)11-6-7-18-14(13(11)17)21-12-8-10(16)5-4-9(12)2/h4-8H,3,17H2,1-2H3. The van der Waals surface area contributed by atoms with E-state index >= 15 is 0 Å². The van der Waals surface area contributed by atoms with Crippen molar-refractivity contribution in [2.75, 3.05) is 12.3 Å². The first-order valence-corrected chi connectivity index (χ1v) is 6.76. The highest BCUT2D eigenvalue weighted by atomic mass is 35.5. The maximum Gasteiger partial charge on any atom is 0.340 e. The van der Waals surface area contributed by atoms with Crippen molar-refractivity contribution in [3.8, 4) is 11.6 Å². The van der Waals surface area contributed by atoms with Crippen molar-refractivity contribution in [3.63, 3.8) is 0 Å². The lowest BCUT2D eigenvalue weighted by Gasteiger charge is -2.12. The summed E-state index contributed by atoms with van der Waals surface area (Å²) in [7, 11) is 0. The van der Waals surface area contributed by atoms with Crippen LogP contribution in [0.3, 0.4) is 0 Å². The highest BCUT2D eigenvalue weighted by molar-refractivity contribution is 6.30. The van der Waals surface area contributed by atoms with E-state index in [9.17, 15) is 4.79 Å². The van der Waals surface area contributed by atoms with Crippen molar-refractivity contribution in [2.24, 2.45) is 0 Å². The van der Waals surface area contributed by atoms with E-state index in [0.29, 0.717) is 10.8 Å². The first kappa shape index (κ1) is 15.1. The van der Waals surface area contributed by atoms with Crippen LogP contribution >= 0.6 is 11.6 Å². The Balaban J connectivity index is 2.35. The summed E-state index contributed by atoms with van der Waals surface area (Å²) in [6, 6.07) is 6.73. The molecule has 2 N–H and O–H groups in total. The van der Waals surface area contributed by atoms with Crippen LogP contribution in [-0.4, -0.2) is 17.6 Å². The zero-order valence-corrected chi connectivity index (χ0v) is 12.5. The molecular formula is C15H15ClN2O3. The number of benzene rings is 1. The van der Waals surface area contributed by atoms with Crippen LogP contribution in [-0.2, 0) is 4.74 Å². The van der Waals surface area contributed by atoms with Gasteiger partial charge < -0.3 is 15.2 Å². The minimum absolute atomic E-state index is 0.135. The van der Waals surface area contributed by atoms with Crippen molar-refractivity contribution in [3.05, 3.63) is 46.6 Å². The van der Waals surface area contributed by atoms with Gasteiger partial charge in [-0.25, -0.2) is 9.78 Å². The summed E-state index contributed by atoms with van der Waals surface area (Å²) < 4.78 is 10.6. The van der Waals surface area contributed by atoms with Gasteiger partial charge in [-0.05, 0) is 37.6 Å². The maximum atomic E-state index is 11.8. The molecule has 21 heavy (non-hydrogen) atoms.